The molecule has 0 spiro atoms. The predicted molar refractivity (Wildman–Crippen MR) is 24.8 cm³/mol. The predicted octanol–water partition coefficient (Wildman–Crippen LogP) is 1.07. The number of alkyl halides is 2. The van der Waals surface area contributed by atoms with Crippen LogP contribution in [0.25, 0.3) is 0 Å². The summed E-state index contributed by atoms with van der Waals surface area (Å²) in [5, 5.41) is 0. The lowest BCUT2D eigenvalue weighted by Crippen LogP contribution is -1.99. The van der Waals surface area contributed by atoms with Crippen LogP contribution in [0.15, 0.2) is 0 Å². The van der Waals surface area contributed by atoms with Crippen LogP contribution in [0.3, 0.4) is 0 Å². The third-order valence-corrected chi connectivity index (χ3v) is 0.645. The second-order valence-electron chi connectivity index (χ2n) is 0.703. The van der Waals surface area contributed by atoms with E-state index in [4.69, 9.17) is 23.2 Å². The minimum Gasteiger partial charge on any atom is -0.296 e. The van der Waals surface area contributed by atoms with Gasteiger partial charge < -0.3 is 0 Å². The molecule has 0 fully saturated rings. The summed E-state index contributed by atoms with van der Waals surface area (Å²) in [4.78, 5) is 8.59. The molecule has 6 heavy (non-hydrogen) atoms. The lowest BCUT2D eigenvalue weighted by atomic mass is 10.5. The fourth-order valence-corrected chi connectivity index (χ4v) is 0. The maximum Gasteiger partial charge on any atom is 0.170 e. The summed E-state index contributed by atoms with van der Waals surface area (Å²) < 4.78 is 0. The molecular weight excluding hydrogens is 123 g/mol. The molecule has 0 N–H and O–H groups in total. The fourth-order valence-electron chi connectivity index (χ4n) is 0. The number of hydrogen-bond donors (Lipinski definition) is 0. The molecule has 3 heteroatoms. The van der Waals surface area contributed by atoms with Crippen molar-refractivity contribution in [2.75, 3.05) is 0 Å². The van der Waals surface area contributed by atoms with E-state index in [2.05, 4.69) is 6.92 Å². The normalized spacial score (nSPS) is 9.33. The maximum absolute atomic E-state index is 9.66. The van der Waals surface area contributed by atoms with Gasteiger partial charge in [-0.15, -0.1) is 0 Å². The van der Waals surface area contributed by atoms with E-state index in [-0.39, 0.29) is 0 Å². The zero-order valence-electron chi connectivity index (χ0n) is 2.82. The van der Waals surface area contributed by atoms with E-state index in [9.17, 15) is 4.79 Å². The first kappa shape index (κ1) is 6.25. The molecule has 0 amide bonds. The van der Waals surface area contributed by atoms with Crippen molar-refractivity contribution in [1.29, 1.82) is 0 Å². The molecule has 0 heterocycles. The Hall–Kier alpha value is 0.250. The number of Topliss-reactive ketones (excluding diaryl/α,β-unsaturated/α-hetero) is 1. The zero-order chi connectivity index (χ0) is 5.15. The van der Waals surface area contributed by atoms with Gasteiger partial charge in [0.05, 0.1) is 0 Å². The number of carbonyl (C=O) groups excluding carboxylic acids is 1. The quantitative estimate of drug-likeness (QED) is 0.479. The summed E-state index contributed by atoms with van der Waals surface area (Å²) in [6.07, 6.45) is 0. The summed E-state index contributed by atoms with van der Waals surface area (Å²) >= 11 is 9.81. The molecule has 0 aromatic rings. The monoisotopic (exact) mass is 124 g/mol. The van der Waals surface area contributed by atoms with Crippen molar-refractivity contribution in [2.45, 2.75) is 4.84 Å². The van der Waals surface area contributed by atoms with E-state index < -0.39 is 10.6 Å². The lowest BCUT2D eigenvalue weighted by molar-refractivity contribution is -0.113. The van der Waals surface area contributed by atoms with Crippen molar-refractivity contribution in [3.05, 3.63) is 6.92 Å². The highest BCUT2D eigenvalue weighted by atomic mass is 35.5. The molecule has 0 atom stereocenters. The molecule has 0 unspecified atom stereocenters. The molecule has 2 radical (unpaired) electrons. The summed E-state index contributed by atoms with van der Waals surface area (Å²) in [6.45, 7) is 4.53. The van der Waals surface area contributed by atoms with Crippen LogP contribution in [-0.2, 0) is 4.79 Å². The van der Waals surface area contributed by atoms with Crippen LogP contribution in [0.1, 0.15) is 0 Å². The van der Waals surface area contributed by atoms with Crippen LogP contribution < -0.4 is 0 Å². The van der Waals surface area contributed by atoms with Crippen LogP contribution >= 0.6 is 23.2 Å². The molecule has 0 bridgehead atoms. The van der Waals surface area contributed by atoms with Gasteiger partial charge in [-0.25, -0.2) is 0 Å². The van der Waals surface area contributed by atoms with E-state index in [0.717, 1.165) is 0 Å². The van der Waals surface area contributed by atoms with Gasteiger partial charge in [-0.3, -0.25) is 4.79 Å². The molecule has 0 aromatic carbocycles. The molecule has 0 saturated carbocycles. The van der Waals surface area contributed by atoms with Gasteiger partial charge >= 0.3 is 0 Å². The van der Waals surface area contributed by atoms with Crippen LogP contribution in [0.4, 0.5) is 0 Å². The topological polar surface area (TPSA) is 17.1 Å². The molecule has 0 aromatic heterocycles. The Morgan fingerprint density at radius 1 is 1.67 bits per heavy atom. The Morgan fingerprint density at radius 3 is 1.83 bits per heavy atom. The van der Waals surface area contributed by atoms with Crippen LogP contribution in [0, 0.1) is 6.92 Å². The van der Waals surface area contributed by atoms with Crippen molar-refractivity contribution in [3.63, 3.8) is 0 Å². The average Bonchev–Trinajstić information content (AvgIpc) is 1.36. The second-order valence-corrected chi connectivity index (χ2v) is 1.80. The maximum atomic E-state index is 9.66. The first-order valence-corrected chi connectivity index (χ1v) is 2.09. The molecule has 0 rings (SSSR count). The molecule has 0 saturated heterocycles. The number of hydrogen-bond acceptors (Lipinski definition) is 1. The van der Waals surface area contributed by atoms with Gasteiger partial charge in [0.15, 0.2) is 10.6 Å². The van der Waals surface area contributed by atoms with Crippen molar-refractivity contribution in [1.82, 2.24) is 0 Å². The van der Waals surface area contributed by atoms with Crippen LogP contribution in [-0.4, -0.2) is 10.6 Å². The van der Waals surface area contributed by atoms with E-state index in [1.54, 1.807) is 0 Å². The molecule has 1 nitrogen and oxygen atoms in total. The number of halogens is 2. The number of rotatable bonds is 1. The Bertz CT molecular complexity index is 59.8. The molecular formula is C3H2Cl2O. The van der Waals surface area contributed by atoms with Gasteiger partial charge in [-0.1, -0.05) is 23.2 Å². The summed E-state index contributed by atoms with van der Waals surface area (Å²) in [5.74, 6) is -0.710. The Kier molecular flexibility index (Phi) is 2.53. The van der Waals surface area contributed by atoms with Gasteiger partial charge in [-0.2, -0.15) is 0 Å². The smallest absolute Gasteiger partial charge is 0.170 e. The van der Waals surface area contributed by atoms with Gasteiger partial charge in [0, 0.05) is 6.92 Å². The number of ketones is 1. The lowest BCUT2D eigenvalue weighted by Gasteiger charge is -1.84. The summed E-state index contributed by atoms with van der Waals surface area (Å²) in [6, 6.07) is 0. The van der Waals surface area contributed by atoms with Crippen molar-refractivity contribution >= 4 is 29.0 Å². The van der Waals surface area contributed by atoms with Crippen molar-refractivity contribution in [3.8, 4) is 0 Å². The molecule has 0 aliphatic heterocycles. The third kappa shape index (κ3) is 2.49. The molecule has 0 aliphatic carbocycles. The first-order chi connectivity index (χ1) is 2.64. The first-order valence-electron chi connectivity index (χ1n) is 1.22. The van der Waals surface area contributed by atoms with Crippen LogP contribution in [0.2, 0.25) is 0 Å². The molecule has 34 valence electrons. The Balaban J connectivity index is 3.26. The standard InChI is InChI=1S/C3H2Cl2O/c1-2(6)3(4)5/h1,3H. The highest BCUT2D eigenvalue weighted by molar-refractivity contribution is 6.54. The van der Waals surface area contributed by atoms with Crippen molar-refractivity contribution < 1.29 is 4.79 Å². The minimum absolute atomic E-state index is 0.710. The average molecular weight is 125 g/mol. The molecule has 0 aliphatic rings. The SMILES string of the molecule is [CH]C(=O)C(Cl)Cl. The van der Waals surface area contributed by atoms with E-state index in [0.29, 0.717) is 0 Å². The zero-order valence-corrected chi connectivity index (χ0v) is 4.33. The van der Waals surface area contributed by atoms with E-state index in [1.165, 1.54) is 0 Å². The van der Waals surface area contributed by atoms with E-state index in [1.807, 2.05) is 0 Å². The third-order valence-electron chi connectivity index (χ3n) is 0.215. The van der Waals surface area contributed by atoms with Gasteiger partial charge in [0.2, 0.25) is 0 Å². The van der Waals surface area contributed by atoms with E-state index >= 15 is 0 Å². The van der Waals surface area contributed by atoms with Gasteiger partial charge in [0.1, 0.15) is 0 Å². The largest absolute Gasteiger partial charge is 0.296 e. The highest BCUT2D eigenvalue weighted by Gasteiger charge is 2.01. The summed E-state index contributed by atoms with van der Waals surface area (Å²) in [5.41, 5.74) is 0. The van der Waals surface area contributed by atoms with Gasteiger partial charge in [0.25, 0.3) is 0 Å². The highest BCUT2D eigenvalue weighted by Crippen LogP contribution is 1.99. The minimum atomic E-state index is -1.06. The summed E-state index contributed by atoms with van der Waals surface area (Å²) in [7, 11) is 0. The second kappa shape index (κ2) is 2.43. The Labute approximate surface area is 46.2 Å². The van der Waals surface area contributed by atoms with Gasteiger partial charge in [-0.05, 0) is 0 Å². The Morgan fingerprint density at radius 2 is 1.83 bits per heavy atom. The van der Waals surface area contributed by atoms with Crippen LogP contribution in [0.5, 0.6) is 0 Å². The number of carbonyl (C=O) groups is 1. The van der Waals surface area contributed by atoms with Crippen molar-refractivity contribution in [2.24, 2.45) is 0 Å². The fraction of sp³-hybridized carbons (Fsp3) is 0.333.